The van der Waals surface area contributed by atoms with Crippen molar-refractivity contribution >= 4 is 34.8 Å². The molecule has 5 heteroatoms. The van der Waals surface area contributed by atoms with Gasteiger partial charge in [0.05, 0.1) is 0 Å². The largest absolute Gasteiger partial charge is 0.326 e. The molecule has 3 nitrogen and oxygen atoms in total. The van der Waals surface area contributed by atoms with Crippen LogP contribution in [0.5, 0.6) is 0 Å². The molecule has 2 rings (SSSR count). The number of rotatable bonds is 3. The summed E-state index contributed by atoms with van der Waals surface area (Å²) in [6, 6.07) is 5.06. The molecule has 0 bridgehead atoms. The minimum Gasteiger partial charge on any atom is -0.326 e. The number of hydrogen-bond acceptors (Lipinski definition) is 2. The van der Waals surface area contributed by atoms with Gasteiger partial charge >= 0.3 is 0 Å². The van der Waals surface area contributed by atoms with Crippen LogP contribution in [-0.2, 0) is 4.79 Å². The molecule has 19 heavy (non-hydrogen) atoms. The predicted molar refractivity (Wildman–Crippen MR) is 79.9 cm³/mol. The Morgan fingerprint density at radius 3 is 2.68 bits per heavy atom. The van der Waals surface area contributed by atoms with Crippen LogP contribution in [0.25, 0.3) is 0 Å². The molecule has 0 radical (unpaired) electrons. The number of nitrogens with zero attached hydrogens (tertiary/aromatic N) is 1. The SMILES string of the molecule is CN1CCCC(CC(=O)Nc2cc(Cl)cc(Cl)c2)C1. The van der Waals surface area contributed by atoms with Crippen molar-refractivity contribution in [2.75, 3.05) is 25.5 Å². The molecule has 104 valence electrons. The summed E-state index contributed by atoms with van der Waals surface area (Å²) in [5, 5.41) is 3.92. The highest BCUT2D eigenvalue weighted by atomic mass is 35.5. The lowest BCUT2D eigenvalue weighted by Gasteiger charge is -2.29. The molecule has 1 unspecified atom stereocenters. The van der Waals surface area contributed by atoms with E-state index in [1.165, 1.54) is 0 Å². The van der Waals surface area contributed by atoms with Crippen LogP contribution in [0.15, 0.2) is 18.2 Å². The summed E-state index contributed by atoms with van der Waals surface area (Å²) in [7, 11) is 2.10. The Morgan fingerprint density at radius 1 is 1.37 bits per heavy atom. The van der Waals surface area contributed by atoms with E-state index in [1.54, 1.807) is 18.2 Å². The van der Waals surface area contributed by atoms with E-state index in [9.17, 15) is 4.79 Å². The van der Waals surface area contributed by atoms with Crippen LogP contribution in [0, 0.1) is 5.92 Å². The van der Waals surface area contributed by atoms with Crippen molar-refractivity contribution < 1.29 is 4.79 Å². The highest BCUT2D eigenvalue weighted by Crippen LogP contribution is 2.24. The fourth-order valence-electron chi connectivity index (χ4n) is 2.54. The standard InChI is InChI=1S/C14H18Cl2N2O/c1-18-4-2-3-10(9-18)5-14(19)17-13-7-11(15)6-12(16)8-13/h6-8,10H,2-5,9H2,1H3,(H,17,19). The number of benzene rings is 1. The Bertz CT molecular complexity index is 445. The number of piperidine rings is 1. The van der Waals surface area contributed by atoms with Gasteiger partial charge < -0.3 is 10.2 Å². The smallest absolute Gasteiger partial charge is 0.224 e. The molecule has 1 N–H and O–H groups in total. The van der Waals surface area contributed by atoms with E-state index in [1.807, 2.05) is 0 Å². The second-order valence-electron chi connectivity index (χ2n) is 5.18. The van der Waals surface area contributed by atoms with Crippen molar-refractivity contribution in [1.29, 1.82) is 0 Å². The van der Waals surface area contributed by atoms with E-state index in [0.717, 1.165) is 25.9 Å². The zero-order chi connectivity index (χ0) is 13.8. The van der Waals surface area contributed by atoms with Gasteiger partial charge in [-0.2, -0.15) is 0 Å². The zero-order valence-corrected chi connectivity index (χ0v) is 12.5. The van der Waals surface area contributed by atoms with Crippen molar-refractivity contribution in [3.05, 3.63) is 28.2 Å². The van der Waals surface area contributed by atoms with Gasteiger partial charge in [0.25, 0.3) is 0 Å². The lowest BCUT2D eigenvalue weighted by atomic mass is 9.95. The maximum Gasteiger partial charge on any atom is 0.224 e. The van der Waals surface area contributed by atoms with E-state index in [4.69, 9.17) is 23.2 Å². The normalized spacial score (nSPS) is 20.3. The molecule has 0 aromatic heterocycles. The maximum atomic E-state index is 12.0. The molecular weight excluding hydrogens is 283 g/mol. The first kappa shape index (κ1) is 14.6. The minimum atomic E-state index is 0.0265. The van der Waals surface area contributed by atoms with Gasteiger partial charge in [-0.1, -0.05) is 23.2 Å². The van der Waals surface area contributed by atoms with Crippen LogP contribution in [-0.4, -0.2) is 30.9 Å². The Morgan fingerprint density at radius 2 is 2.05 bits per heavy atom. The van der Waals surface area contributed by atoms with Crippen molar-refractivity contribution in [2.45, 2.75) is 19.3 Å². The van der Waals surface area contributed by atoms with Crippen molar-refractivity contribution in [1.82, 2.24) is 4.90 Å². The first-order valence-corrected chi connectivity index (χ1v) is 7.23. The van der Waals surface area contributed by atoms with Crippen LogP contribution in [0.2, 0.25) is 10.0 Å². The third-order valence-corrected chi connectivity index (χ3v) is 3.78. The summed E-state index contributed by atoms with van der Waals surface area (Å²) in [5.41, 5.74) is 0.659. The van der Waals surface area contributed by atoms with E-state index < -0.39 is 0 Å². The van der Waals surface area contributed by atoms with Gasteiger partial charge in [0.2, 0.25) is 5.91 Å². The third kappa shape index (κ3) is 4.68. The van der Waals surface area contributed by atoms with Crippen LogP contribution >= 0.6 is 23.2 Å². The van der Waals surface area contributed by atoms with Gasteiger partial charge in [-0.25, -0.2) is 0 Å². The molecule has 0 spiro atoms. The van der Waals surface area contributed by atoms with Crippen molar-refractivity contribution in [3.63, 3.8) is 0 Å². The Labute approximate surface area is 123 Å². The molecule has 1 fully saturated rings. The predicted octanol–water partition coefficient (Wildman–Crippen LogP) is 3.66. The summed E-state index contributed by atoms with van der Waals surface area (Å²) >= 11 is 11.8. The summed E-state index contributed by atoms with van der Waals surface area (Å²) < 4.78 is 0. The average molecular weight is 301 g/mol. The number of halogens is 2. The molecule has 1 amide bonds. The van der Waals surface area contributed by atoms with Gasteiger partial charge in [-0.3, -0.25) is 4.79 Å². The van der Waals surface area contributed by atoms with Crippen molar-refractivity contribution in [3.8, 4) is 0 Å². The number of carbonyl (C=O) groups is 1. The molecule has 1 aromatic carbocycles. The van der Waals surface area contributed by atoms with Crippen LogP contribution in [0.1, 0.15) is 19.3 Å². The van der Waals surface area contributed by atoms with Crippen LogP contribution < -0.4 is 5.32 Å². The lowest BCUT2D eigenvalue weighted by molar-refractivity contribution is -0.117. The van der Waals surface area contributed by atoms with E-state index >= 15 is 0 Å². The molecular formula is C14H18Cl2N2O. The summed E-state index contributed by atoms with van der Waals surface area (Å²) in [4.78, 5) is 14.3. The van der Waals surface area contributed by atoms with Gasteiger partial charge in [0, 0.05) is 28.7 Å². The van der Waals surface area contributed by atoms with Crippen molar-refractivity contribution in [2.24, 2.45) is 5.92 Å². The summed E-state index contributed by atoms with van der Waals surface area (Å²) in [6.07, 6.45) is 2.83. The molecule has 0 aliphatic carbocycles. The molecule has 1 saturated heterocycles. The Hall–Kier alpha value is -0.770. The summed E-state index contributed by atoms with van der Waals surface area (Å²) in [6.45, 7) is 2.12. The number of nitrogens with one attached hydrogen (secondary N) is 1. The number of amides is 1. The summed E-state index contributed by atoms with van der Waals surface area (Å²) in [5.74, 6) is 0.465. The average Bonchev–Trinajstić information content (AvgIpc) is 2.26. The lowest BCUT2D eigenvalue weighted by Crippen LogP contribution is -2.34. The second kappa shape index (κ2) is 6.60. The molecule has 0 saturated carbocycles. The first-order valence-electron chi connectivity index (χ1n) is 6.47. The molecule has 1 heterocycles. The Kier molecular flexibility index (Phi) is 5.08. The van der Waals surface area contributed by atoms with Crippen LogP contribution in [0.4, 0.5) is 5.69 Å². The molecule has 1 aromatic rings. The second-order valence-corrected chi connectivity index (χ2v) is 6.05. The van der Waals surface area contributed by atoms with Gasteiger partial charge in [0.1, 0.15) is 0 Å². The monoisotopic (exact) mass is 300 g/mol. The van der Waals surface area contributed by atoms with Gasteiger partial charge in [-0.15, -0.1) is 0 Å². The van der Waals surface area contributed by atoms with Crippen LogP contribution in [0.3, 0.4) is 0 Å². The fraction of sp³-hybridized carbons (Fsp3) is 0.500. The highest BCUT2D eigenvalue weighted by Gasteiger charge is 2.20. The number of hydrogen-bond donors (Lipinski definition) is 1. The number of carbonyl (C=O) groups excluding carboxylic acids is 1. The number of anilines is 1. The van der Waals surface area contributed by atoms with Gasteiger partial charge in [0.15, 0.2) is 0 Å². The van der Waals surface area contributed by atoms with E-state index in [-0.39, 0.29) is 5.91 Å². The molecule has 1 aliphatic heterocycles. The van der Waals surface area contributed by atoms with E-state index in [0.29, 0.717) is 28.1 Å². The van der Waals surface area contributed by atoms with Gasteiger partial charge in [-0.05, 0) is 50.6 Å². The first-order chi connectivity index (χ1) is 9.02. The topological polar surface area (TPSA) is 32.3 Å². The third-order valence-electron chi connectivity index (χ3n) is 3.34. The quantitative estimate of drug-likeness (QED) is 0.924. The maximum absolute atomic E-state index is 12.0. The highest BCUT2D eigenvalue weighted by molar-refractivity contribution is 6.35. The molecule has 1 aliphatic rings. The van der Waals surface area contributed by atoms with E-state index in [2.05, 4.69) is 17.3 Å². The number of likely N-dealkylation sites (tertiary alicyclic amines) is 1. The Balaban J connectivity index is 1.90. The molecule has 1 atom stereocenters. The minimum absolute atomic E-state index is 0.0265. The zero-order valence-electron chi connectivity index (χ0n) is 11.0. The fourth-order valence-corrected chi connectivity index (χ4v) is 3.07.